The summed E-state index contributed by atoms with van der Waals surface area (Å²) in [5.74, 6) is 0.372. The van der Waals surface area contributed by atoms with Gasteiger partial charge in [0.15, 0.2) is 0 Å². The van der Waals surface area contributed by atoms with Crippen molar-refractivity contribution >= 4 is 0 Å². The van der Waals surface area contributed by atoms with E-state index in [1.54, 1.807) is 12.1 Å². The number of likely N-dealkylation sites (tertiary alicyclic amines) is 1. The third-order valence-corrected chi connectivity index (χ3v) is 5.34. The molecule has 0 spiro atoms. The van der Waals surface area contributed by atoms with Crippen LogP contribution >= 0.6 is 0 Å². The number of benzene rings is 2. The van der Waals surface area contributed by atoms with Gasteiger partial charge in [-0.2, -0.15) is 9.67 Å². The van der Waals surface area contributed by atoms with E-state index in [-0.39, 0.29) is 11.7 Å². The van der Waals surface area contributed by atoms with E-state index >= 15 is 0 Å². The Hall–Kier alpha value is -3.59. The normalized spacial score (nSPS) is 17.1. The summed E-state index contributed by atoms with van der Waals surface area (Å²) >= 11 is 0. The second-order valence-corrected chi connectivity index (χ2v) is 7.56. The average molecular weight is 421 g/mol. The van der Waals surface area contributed by atoms with Gasteiger partial charge >= 0.3 is 5.76 Å². The van der Waals surface area contributed by atoms with E-state index in [4.69, 9.17) is 8.94 Å². The summed E-state index contributed by atoms with van der Waals surface area (Å²) < 4.78 is 25.6. The van der Waals surface area contributed by atoms with Gasteiger partial charge in [0.1, 0.15) is 12.5 Å². The minimum absolute atomic E-state index is 0.0276. The minimum atomic E-state index is -0.493. The van der Waals surface area contributed by atoms with Crippen LogP contribution in [-0.2, 0) is 6.67 Å². The molecule has 1 saturated heterocycles. The van der Waals surface area contributed by atoms with Crippen LogP contribution in [0.4, 0.5) is 4.39 Å². The molecule has 2 aromatic heterocycles. The van der Waals surface area contributed by atoms with Crippen LogP contribution in [-0.4, -0.2) is 37.9 Å². The fourth-order valence-electron chi connectivity index (χ4n) is 3.81. The summed E-state index contributed by atoms with van der Waals surface area (Å²) in [5.41, 5.74) is 1.33. The molecule has 9 heteroatoms. The molecule has 4 aromatic rings. The summed E-state index contributed by atoms with van der Waals surface area (Å²) in [6, 6.07) is 15.4. The molecule has 0 amide bonds. The molecule has 3 heterocycles. The molecular formula is C22H20FN5O3. The number of hydrogen-bond donors (Lipinski definition) is 0. The van der Waals surface area contributed by atoms with Crippen LogP contribution in [0.2, 0.25) is 0 Å². The third-order valence-electron chi connectivity index (χ3n) is 5.34. The number of nitrogens with zero attached hydrogens (tertiary/aromatic N) is 5. The molecule has 1 aliphatic rings. The molecule has 5 rings (SSSR count). The van der Waals surface area contributed by atoms with Crippen molar-refractivity contribution in [1.82, 2.24) is 24.8 Å². The third kappa shape index (κ3) is 4.17. The monoisotopic (exact) mass is 421 g/mol. The van der Waals surface area contributed by atoms with Crippen molar-refractivity contribution in [3.05, 3.63) is 76.9 Å². The fraction of sp³-hybridized carbons (Fsp3) is 0.273. The Morgan fingerprint density at radius 3 is 2.77 bits per heavy atom. The Morgan fingerprint density at radius 1 is 1.10 bits per heavy atom. The first-order valence-electron chi connectivity index (χ1n) is 10.1. The van der Waals surface area contributed by atoms with E-state index in [0.29, 0.717) is 36.4 Å². The second kappa shape index (κ2) is 8.27. The summed E-state index contributed by atoms with van der Waals surface area (Å²) in [6.07, 6.45) is 1.81. The fourth-order valence-corrected chi connectivity index (χ4v) is 3.81. The molecule has 0 saturated carbocycles. The van der Waals surface area contributed by atoms with Crippen LogP contribution < -0.4 is 5.76 Å². The van der Waals surface area contributed by atoms with Gasteiger partial charge in [0.2, 0.25) is 17.6 Å². The SMILES string of the molecule is O=c1oc(-c2ccccc2)nn1CN1CCCC(c2nc(-c3cccc(F)c3)no2)C1. The molecule has 2 aromatic carbocycles. The maximum absolute atomic E-state index is 13.5. The zero-order valence-electron chi connectivity index (χ0n) is 16.6. The maximum Gasteiger partial charge on any atom is 0.438 e. The molecule has 8 nitrogen and oxygen atoms in total. The van der Waals surface area contributed by atoms with Gasteiger partial charge in [-0.15, -0.1) is 5.10 Å². The first kappa shape index (κ1) is 19.4. The van der Waals surface area contributed by atoms with E-state index < -0.39 is 5.76 Å². The van der Waals surface area contributed by atoms with Gasteiger partial charge in [-0.3, -0.25) is 4.90 Å². The van der Waals surface area contributed by atoms with Gasteiger partial charge in [-0.05, 0) is 43.7 Å². The van der Waals surface area contributed by atoms with Crippen LogP contribution in [0.1, 0.15) is 24.7 Å². The minimum Gasteiger partial charge on any atom is -0.388 e. The molecule has 1 unspecified atom stereocenters. The molecule has 0 radical (unpaired) electrons. The van der Waals surface area contributed by atoms with Crippen molar-refractivity contribution in [3.63, 3.8) is 0 Å². The van der Waals surface area contributed by atoms with Crippen LogP contribution in [0.25, 0.3) is 22.8 Å². The van der Waals surface area contributed by atoms with Crippen LogP contribution in [0, 0.1) is 5.82 Å². The van der Waals surface area contributed by atoms with Gasteiger partial charge in [0.05, 0.1) is 5.92 Å². The summed E-state index contributed by atoms with van der Waals surface area (Å²) in [4.78, 5) is 18.8. The zero-order valence-corrected chi connectivity index (χ0v) is 16.6. The van der Waals surface area contributed by atoms with Crippen molar-refractivity contribution in [3.8, 4) is 22.8 Å². The predicted octanol–water partition coefficient (Wildman–Crippen LogP) is 3.53. The van der Waals surface area contributed by atoms with Crippen molar-refractivity contribution < 1.29 is 13.3 Å². The number of piperidine rings is 1. The predicted molar refractivity (Wildman–Crippen MR) is 109 cm³/mol. The molecule has 31 heavy (non-hydrogen) atoms. The lowest BCUT2D eigenvalue weighted by molar-refractivity contribution is 0.140. The van der Waals surface area contributed by atoms with Gasteiger partial charge < -0.3 is 8.94 Å². The van der Waals surface area contributed by atoms with E-state index in [2.05, 4.69) is 20.1 Å². The average Bonchev–Trinajstić information content (AvgIpc) is 3.42. The topological polar surface area (TPSA) is 90.2 Å². The molecule has 158 valence electrons. The van der Waals surface area contributed by atoms with Gasteiger partial charge in [-0.1, -0.05) is 35.5 Å². The first-order chi connectivity index (χ1) is 15.2. The highest BCUT2D eigenvalue weighted by molar-refractivity contribution is 5.54. The number of rotatable bonds is 5. The Morgan fingerprint density at radius 2 is 1.94 bits per heavy atom. The largest absolute Gasteiger partial charge is 0.438 e. The Kier molecular flexibility index (Phi) is 5.17. The lowest BCUT2D eigenvalue weighted by atomic mass is 9.98. The summed E-state index contributed by atoms with van der Waals surface area (Å²) in [6.45, 7) is 1.78. The van der Waals surface area contributed by atoms with E-state index in [1.165, 1.54) is 16.8 Å². The van der Waals surface area contributed by atoms with Crippen molar-refractivity contribution in [2.75, 3.05) is 13.1 Å². The second-order valence-electron chi connectivity index (χ2n) is 7.56. The van der Waals surface area contributed by atoms with Crippen LogP contribution in [0.3, 0.4) is 0 Å². The van der Waals surface area contributed by atoms with Crippen LogP contribution in [0.15, 0.2) is 68.3 Å². The van der Waals surface area contributed by atoms with Crippen molar-refractivity contribution in [2.24, 2.45) is 0 Å². The standard InChI is InChI=1S/C22H20FN5O3/c23-18-10-4-8-16(12-18)19-24-20(31-26-19)17-9-5-11-27(13-17)14-28-22(29)30-21(25-28)15-6-2-1-3-7-15/h1-4,6-8,10,12,17H,5,9,11,13-14H2. The van der Waals surface area contributed by atoms with Crippen molar-refractivity contribution in [2.45, 2.75) is 25.4 Å². The Bertz CT molecular complexity index is 1230. The maximum atomic E-state index is 13.5. The molecule has 1 fully saturated rings. The van der Waals surface area contributed by atoms with E-state index in [0.717, 1.165) is 24.9 Å². The molecule has 1 atom stereocenters. The van der Waals surface area contributed by atoms with Crippen LogP contribution in [0.5, 0.6) is 0 Å². The molecular weight excluding hydrogens is 401 g/mol. The first-order valence-corrected chi connectivity index (χ1v) is 10.1. The quantitative estimate of drug-likeness (QED) is 0.487. The van der Waals surface area contributed by atoms with Gasteiger partial charge in [-0.25, -0.2) is 9.18 Å². The van der Waals surface area contributed by atoms with Crippen molar-refractivity contribution in [1.29, 1.82) is 0 Å². The zero-order chi connectivity index (χ0) is 21.2. The number of halogens is 1. The molecule has 1 aliphatic heterocycles. The smallest absolute Gasteiger partial charge is 0.388 e. The number of hydrogen-bond acceptors (Lipinski definition) is 7. The highest BCUT2D eigenvalue weighted by atomic mass is 19.1. The highest BCUT2D eigenvalue weighted by Crippen LogP contribution is 2.28. The van der Waals surface area contributed by atoms with E-state index in [1.807, 2.05) is 30.3 Å². The lowest BCUT2D eigenvalue weighted by Crippen LogP contribution is -2.38. The van der Waals surface area contributed by atoms with E-state index in [9.17, 15) is 9.18 Å². The Labute approximate surface area is 176 Å². The Balaban J connectivity index is 1.29. The highest BCUT2D eigenvalue weighted by Gasteiger charge is 2.27. The summed E-state index contributed by atoms with van der Waals surface area (Å²) in [7, 11) is 0. The van der Waals surface area contributed by atoms with Gasteiger partial charge in [0.25, 0.3) is 0 Å². The molecule has 0 aliphatic carbocycles. The lowest BCUT2D eigenvalue weighted by Gasteiger charge is -2.30. The van der Waals surface area contributed by atoms with Gasteiger partial charge in [0, 0.05) is 17.7 Å². The summed E-state index contributed by atoms with van der Waals surface area (Å²) in [5, 5.41) is 8.34. The number of aromatic nitrogens is 4. The molecule has 0 N–H and O–H groups in total. The molecule has 0 bridgehead atoms.